The van der Waals surface area contributed by atoms with Gasteiger partial charge in [0.05, 0.1) is 7.11 Å². The number of nitrogens with one attached hydrogen (secondary N) is 1. The monoisotopic (exact) mass is 178 g/mol. The summed E-state index contributed by atoms with van der Waals surface area (Å²) in [5.74, 6) is -0.517. The first-order valence-corrected chi connectivity index (χ1v) is 4.07. The van der Waals surface area contributed by atoms with Gasteiger partial charge in [0.1, 0.15) is 0 Å². The molecule has 0 spiro atoms. The fourth-order valence-corrected chi connectivity index (χ4v) is 0.973. The Morgan fingerprint density at radius 2 is 2.18 bits per heavy atom. The summed E-state index contributed by atoms with van der Waals surface area (Å²) < 4.78 is 4.37. The largest absolute Gasteiger partial charge is 0.467 e. The number of primary amides is 1. The van der Waals surface area contributed by atoms with Crippen LogP contribution in [0.15, 0.2) is 0 Å². The van der Waals surface area contributed by atoms with E-state index in [9.17, 15) is 9.59 Å². The van der Waals surface area contributed by atoms with Gasteiger partial charge in [0.15, 0.2) is 5.37 Å². The van der Waals surface area contributed by atoms with Crippen LogP contribution in [0.2, 0.25) is 0 Å². The van der Waals surface area contributed by atoms with Crippen molar-refractivity contribution in [3.63, 3.8) is 0 Å². The second-order valence-corrected chi connectivity index (χ2v) is 2.59. The van der Waals surface area contributed by atoms with E-state index >= 15 is 0 Å². The molecule has 0 unspecified atom stereocenters. The van der Waals surface area contributed by atoms with E-state index in [4.69, 9.17) is 5.73 Å². The molecule has 0 aliphatic carbocycles. The SMILES string of the molecule is COC(=O)[C@@H](NC(N)=O)SC. The zero-order valence-corrected chi connectivity index (χ0v) is 7.10. The van der Waals surface area contributed by atoms with E-state index in [1.165, 1.54) is 7.11 Å². The molecule has 0 saturated carbocycles. The first-order valence-electron chi connectivity index (χ1n) is 2.78. The Morgan fingerprint density at radius 1 is 1.64 bits per heavy atom. The summed E-state index contributed by atoms with van der Waals surface area (Å²) in [6.45, 7) is 0. The predicted molar refractivity (Wildman–Crippen MR) is 42.0 cm³/mol. The summed E-state index contributed by atoms with van der Waals surface area (Å²) in [5, 5.41) is 1.50. The van der Waals surface area contributed by atoms with E-state index in [-0.39, 0.29) is 0 Å². The Bertz CT molecular complexity index is 162. The molecule has 11 heavy (non-hydrogen) atoms. The van der Waals surface area contributed by atoms with Gasteiger partial charge in [0.25, 0.3) is 0 Å². The molecular weight excluding hydrogens is 168 g/mol. The Balaban J connectivity index is 3.94. The average Bonchev–Trinajstić information content (AvgIpc) is 1.98. The topological polar surface area (TPSA) is 81.4 Å². The summed E-state index contributed by atoms with van der Waals surface area (Å²) in [5.41, 5.74) is 4.79. The molecule has 0 aliphatic rings. The van der Waals surface area contributed by atoms with Crippen LogP contribution in [0.5, 0.6) is 0 Å². The number of hydrogen-bond acceptors (Lipinski definition) is 4. The van der Waals surface area contributed by atoms with E-state index in [1.807, 2.05) is 0 Å². The van der Waals surface area contributed by atoms with Gasteiger partial charge in [-0.3, -0.25) is 0 Å². The van der Waals surface area contributed by atoms with Crippen LogP contribution in [0.25, 0.3) is 0 Å². The number of nitrogens with two attached hydrogens (primary N) is 1. The van der Waals surface area contributed by atoms with Crippen molar-refractivity contribution >= 4 is 23.8 Å². The van der Waals surface area contributed by atoms with Crippen LogP contribution in [0, 0.1) is 0 Å². The van der Waals surface area contributed by atoms with E-state index in [1.54, 1.807) is 6.26 Å². The smallest absolute Gasteiger partial charge is 0.339 e. The number of carbonyl (C=O) groups is 2. The molecule has 0 aliphatic heterocycles. The van der Waals surface area contributed by atoms with Crippen molar-refractivity contribution in [2.75, 3.05) is 13.4 Å². The zero-order valence-electron chi connectivity index (χ0n) is 6.29. The van der Waals surface area contributed by atoms with Crippen molar-refractivity contribution in [1.82, 2.24) is 5.32 Å². The fraction of sp³-hybridized carbons (Fsp3) is 0.600. The molecule has 1 atom stereocenters. The number of carbonyl (C=O) groups excluding carboxylic acids is 2. The molecule has 0 fully saturated rings. The molecule has 64 valence electrons. The van der Waals surface area contributed by atoms with Gasteiger partial charge in [-0.2, -0.15) is 0 Å². The summed E-state index contributed by atoms with van der Waals surface area (Å²) in [6, 6.07) is -0.741. The lowest BCUT2D eigenvalue weighted by Gasteiger charge is -2.11. The molecule has 3 N–H and O–H groups in total. The minimum atomic E-state index is -0.741. The molecule has 0 heterocycles. The maximum absolute atomic E-state index is 10.8. The van der Waals surface area contributed by atoms with Crippen molar-refractivity contribution in [2.45, 2.75) is 5.37 Å². The number of rotatable bonds is 3. The van der Waals surface area contributed by atoms with Crippen molar-refractivity contribution in [1.29, 1.82) is 0 Å². The van der Waals surface area contributed by atoms with Crippen LogP contribution >= 0.6 is 11.8 Å². The van der Waals surface area contributed by atoms with Crippen LogP contribution in [0.1, 0.15) is 0 Å². The van der Waals surface area contributed by atoms with Crippen LogP contribution in [-0.4, -0.2) is 30.7 Å². The number of ether oxygens (including phenoxy) is 1. The van der Waals surface area contributed by atoms with E-state index < -0.39 is 17.4 Å². The van der Waals surface area contributed by atoms with Gasteiger partial charge in [-0.25, -0.2) is 9.59 Å². The van der Waals surface area contributed by atoms with E-state index in [0.29, 0.717) is 0 Å². The summed E-state index contributed by atoms with van der Waals surface area (Å²) >= 11 is 1.14. The van der Waals surface area contributed by atoms with Crippen LogP contribution in [0.3, 0.4) is 0 Å². The van der Waals surface area contributed by atoms with Crippen LogP contribution in [0.4, 0.5) is 4.79 Å². The van der Waals surface area contributed by atoms with Crippen LogP contribution < -0.4 is 11.1 Å². The highest BCUT2D eigenvalue weighted by atomic mass is 32.2. The minimum Gasteiger partial charge on any atom is -0.467 e. The third-order valence-electron chi connectivity index (χ3n) is 0.924. The molecular formula is C5H10N2O3S. The Hall–Kier alpha value is -0.910. The molecule has 0 aromatic carbocycles. The maximum atomic E-state index is 10.8. The van der Waals surface area contributed by atoms with Crippen molar-refractivity contribution in [2.24, 2.45) is 5.73 Å². The molecule has 6 heteroatoms. The zero-order chi connectivity index (χ0) is 8.85. The van der Waals surface area contributed by atoms with Gasteiger partial charge in [-0.15, -0.1) is 11.8 Å². The highest BCUT2D eigenvalue weighted by molar-refractivity contribution is 7.99. The molecule has 0 aromatic rings. The standard InChI is InChI=1S/C5H10N2O3S/c1-10-4(8)3(11-2)7-5(6)9/h3H,1-2H3,(H3,6,7,9)/t3-/m0/s1. The Morgan fingerprint density at radius 3 is 2.45 bits per heavy atom. The molecule has 0 bridgehead atoms. The number of amides is 2. The molecule has 0 saturated heterocycles. The number of hydrogen-bond donors (Lipinski definition) is 2. The fourth-order valence-electron chi connectivity index (χ4n) is 0.450. The summed E-state index contributed by atoms with van der Waals surface area (Å²) in [4.78, 5) is 21.0. The van der Waals surface area contributed by atoms with Gasteiger partial charge in [0.2, 0.25) is 0 Å². The normalized spacial score (nSPS) is 11.8. The molecule has 0 rings (SSSR count). The molecule has 0 aromatic heterocycles. The number of methoxy groups -OCH3 is 1. The lowest BCUT2D eigenvalue weighted by atomic mass is 10.6. The first-order chi connectivity index (χ1) is 5.11. The number of esters is 1. The minimum absolute atomic E-state index is 0.517. The van der Waals surface area contributed by atoms with Crippen molar-refractivity contribution in [3.8, 4) is 0 Å². The Kier molecular flexibility index (Phi) is 4.44. The number of thioether (sulfide) groups is 1. The third-order valence-corrected chi connectivity index (χ3v) is 1.71. The van der Waals surface area contributed by atoms with Gasteiger partial charge < -0.3 is 15.8 Å². The third kappa shape index (κ3) is 3.72. The Labute approximate surface area is 68.6 Å². The first kappa shape index (κ1) is 10.1. The highest BCUT2D eigenvalue weighted by Gasteiger charge is 2.18. The second-order valence-electron chi connectivity index (χ2n) is 1.65. The predicted octanol–water partition coefficient (Wildman–Crippen LogP) is -0.483. The van der Waals surface area contributed by atoms with E-state index in [0.717, 1.165) is 11.8 Å². The van der Waals surface area contributed by atoms with Gasteiger partial charge in [0, 0.05) is 0 Å². The molecule has 2 amide bonds. The van der Waals surface area contributed by atoms with Gasteiger partial charge in [-0.1, -0.05) is 0 Å². The molecule has 0 radical (unpaired) electrons. The van der Waals surface area contributed by atoms with Crippen molar-refractivity contribution in [3.05, 3.63) is 0 Å². The highest BCUT2D eigenvalue weighted by Crippen LogP contribution is 2.03. The lowest BCUT2D eigenvalue weighted by Crippen LogP contribution is -2.41. The summed E-state index contributed by atoms with van der Waals surface area (Å²) in [6.07, 6.45) is 1.66. The number of urea groups is 1. The second kappa shape index (κ2) is 4.84. The van der Waals surface area contributed by atoms with Crippen LogP contribution in [-0.2, 0) is 9.53 Å². The lowest BCUT2D eigenvalue weighted by molar-refractivity contribution is -0.140. The summed E-state index contributed by atoms with van der Waals surface area (Å²) in [7, 11) is 1.24. The van der Waals surface area contributed by atoms with Crippen molar-refractivity contribution < 1.29 is 14.3 Å². The quantitative estimate of drug-likeness (QED) is 0.451. The van der Waals surface area contributed by atoms with Gasteiger partial charge >= 0.3 is 12.0 Å². The maximum Gasteiger partial charge on any atom is 0.339 e. The van der Waals surface area contributed by atoms with E-state index in [2.05, 4.69) is 10.1 Å². The molecule has 5 nitrogen and oxygen atoms in total. The van der Waals surface area contributed by atoms with Gasteiger partial charge in [-0.05, 0) is 6.26 Å². The average molecular weight is 178 g/mol.